The maximum atomic E-state index is 12.3. The summed E-state index contributed by atoms with van der Waals surface area (Å²) in [5.74, 6) is 2.01. The highest BCUT2D eigenvalue weighted by Gasteiger charge is 2.29. The first-order valence-electron chi connectivity index (χ1n) is 9.16. The van der Waals surface area contributed by atoms with E-state index in [0.717, 1.165) is 24.5 Å². The second-order valence-corrected chi connectivity index (χ2v) is 7.64. The van der Waals surface area contributed by atoms with E-state index in [1.165, 1.54) is 6.33 Å². The predicted octanol–water partition coefficient (Wildman–Crippen LogP) is 3.92. The van der Waals surface area contributed by atoms with Crippen LogP contribution < -0.4 is 9.64 Å². The summed E-state index contributed by atoms with van der Waals surface area (Å²) in [5, 5.41) is 0.537. The zero-order chi connectivity index (χ0) is 19.6. The third-order valence-corrected chi connectivity index (χ3v) is 4.97. The second-order valence-electron chi connectivity index (χ2n) is 7.23. The van der Waals surface area contributed by atoms with Crippen molar-refractivity contribution in [2.45, 2.75) is 33.7 Å². The molecule has 6 nitrogen and oxygen atoms in total. The molecule has 0 N–H and O–H groups in total. The van der Waals surface area contributed by atoms with Gasteiger partial charge in [0.15, 0.2) is 0 Å². The number of anilines is 1. The van der Waals surface area contributed by atoms with Crippen LogP contribution in [0.2, 0.25) is 5.02 Å². The summed E-state index contributed by atoms with van der Waals surface area (Å²) in [6, 6.07) is 7.55. The first-order chi connectivity index (χ1) is 12.8. The van der Waals surface area contributed by atoms with Crippen LogP contribution in [0, 0.1) is 12.8 Å². The number of hydrogen-bond acceptors (Lipinski definition) is 5. The van der Waals surface area contributed by atoms with Gasteiger partial charge in [0.25, 0.3) is 0 Å². The highest BCUT2D eigenvalue weighted by atomic mass is 35.5. The van der Waals surface area contributed by atoms with Gasteiger partial charge >= 0.3 is 0 Å². The van der Waals surface area contributed by atoms with Crippen molar-refractivity contribution in [1.29, 1.82) is 0 Å². The van der Waals surface area contributed by atoms with Gasteiger partial charge in [-0.1, -0.05) is 31.5 Å². The average Bonchev–Trinajstić information content (AvgIpc) is 2.64. The topological polar surface area (TPSA) is 58.6 Å². The highest BCUT2D eigenvalue weighted by Crippen LogP contribution is 2.30. The lowest BCUT2D eigenvalue weighted by molar-refractivity contribution is -0.136. The van der Waals surface area contributed by atoms with Crippen molar-refractivity contribution >= 4 is 23.3 Å². The Morgan fingerprint density at radius 3 is 2.74 bits per heavy atom. The molecule has 2 heterocycles. The second kappa shape index (κ2) is 8.13. The molecular weight excluding hydrogens is 364 g/mol. The van der Waals surface area contributed by atoms with Gasteiger partial charge in [-0.2, -0.15) is 0 Å². The molecule has 1 aromatic heterocycles. The van der Waals surface area contributed by atoms with Crippen LogP contribution in [0.1, 0.15) is 26.3 Å². The first kappa shape index (κ1) is 19.4. The summed E-state index contributed by atoms with van der Waals surface area (Å²) < 4.78 is 5.86. The van der Waals surface area contributed by atoms with Crippen LogP contribution in [0.15, 0.2) is 30.6 Å². The summed E-state index contributed by atoms with van der Waals surface area (Å²) in [7, 11) is 0. The van der Waals surface area contributed by atoms with Crippen LogP contribution in [0.5, 0.6) is 11.6 Å². The monoisotopic (exact) mass is 388 g/mol. The molecule has 0 bridgehead atoms. The Morgan fingerprint density at radius 2 is 2.04 bits per heavy atom. The van der Waals surface area contributed by atoms with Crippen molar-refractivity contribution < 1.29 is 9.53 Å². The predicted molar refractivity (Wildman–Crippen MR) is 107 cm³/mol. The molecule has 3 rings (SSSR count). The van der Waals surface area contributed by atoms with Gasteiger partial charge in [-0.05, 0) is 31.5 Å². The van der Waals surface area contributed by atoms with Gasteiger partial charge in [-0.15, -0.1) is 0 Å². The number of benzene rings is 1. The summed E-state index contributed by atoms with van der Waals surface area (Å²) in [5.41, 5.74) is 1.06. The Bertz CT molecular complexity index is 827. The molecule has 1 amide bonds. The molecule has 1 saturated heterocycles. The van der Waals surface area contributed by atoms with E-state index in [0.29, 0.717) is 23.2 Å². The number of hydrogen-bond donors (Lipinski definition) is 0. The molecule has 0 unspecified atom stereocenters. The molecule has 0 radical (unpaired) electrons. The Balaban J connectivity index is 1.73. The molecule has 1 aliphatic heterocycles. The van der Waals surface area contributed by atoms with Gasteiger partial charge in [-0.3, -0.25) is 4.79 Å². The maximum Gasteiger partial charge on any atom is 0.225 e. The smallest absolute Gasteiger partial charge is 0.225 e. The van der Waals surface area contributed by atoms with Gasteiger partial charge in [0.1, 0.15) is 17.9 Å². The van der Waals surface area contributed by atoms with E-state index in [9.17, 15) is 4.79 Å². The number of carbonyl (C=O) groups is 1. The fraction of sp³-hybridized carbons (Fsp3) is 0.450. The Kier molecular flexibility index (Phi) is 5.85. The van der Waals surface area contributed by atoms with Gasteiger partial charge in [0, 0.05) is 37.7 Å². The van der Waals surface area contributed by atoms with Crippen LogP contribution in [0.4, 0.5) is 5.82 Å². The number of nitrogens with zero attached hydrogens (tertiary/aromatic N) is 4. The molecule has 27 heavy (non-hydrogen) atoms. The molecule has 1 atom stereocenters. The average molecular weight is 389 g/mol. The Morgan fingerprint density at radius 1 is 1.26 bits per heavy atom. The van der Waals surface area contributed by atoms with Crippen molar-refractivity contribution in [2.24, 2.45) is 5.92 Å². The van der Waals surface area contributed by atoms with E-state index in [-0.39, 0.29) is 17.9 Å². The minimum absolute atomic E-state index is 0.0112. The molecule has 0 saturated carbocycles. The number of halogens is 1. The summed E-state index contributed by atoms with van der Waals surface area (Å²) in [6.07, 6.45) is 1.49. The zero-order valence-electron chi connectivity index (χ0n) is 16.1. The number of amides is 1. The van der Waals surface area contributed by atoms with E-state index in [4.69, 9.17) is 16.3 Å². The lowest BCUT2D eigenvalue weighted by Gasteiger charge is -2.41. The molecule has 2 aromatic rings. The standard InChI is InChI=1S/C20H25ClN4O2/c1-13(2)20(26)25-8-7-24(11-15(25)4)18-10-19(23-12-22-18)27-17-9-14(3)5-6-16(17)21/h5-6,9-10,12-13,15H,7-8,11H2,1-4H3/t15-/m1/s1. The number of rotatable bonds is 4. The molecule has 7 heteroatoms. The van der Waals surface area contributed by atoms with Crippen molar-refractivity contribution in [1.82, 2.24) is 14.9 Å². The van der Waals surface area contributed by atoms with E-state index >= 15 is 0 Å². The van der Waals surface area contributed by atoms with Crippen LogP contribution in [0.3, 0.4) is 0 Å². The summed E-state index contributed by atoms with van der Waals surface area (Å²) in [4.78, 5) is 25.0. The summed E-state index contributed by atoms with van der Waals surface area (Å²) >= 11 is 6.21. The molecule has 0 aliphatic carbocycles. The largest absolute Gasteiger partial charge is 0.437 e. The number of ether oxygens (including phenoxy) is 1. The fourth-order valence-corrected chi connectivity index (χ4v) is 3.34. The highest BCUT2D eigenvalue weighted by molar-refractivity contribution is 6.32. The van der Waals surface area contributed by atoms with Crippen LogP contribution >= 0.6 is 11.6 Å². The van der Waals surface area contributed by atoms with Crippen LogP contribution in [0.25, 0.3) is 0 Å². The third-order valence-electron chi connectivity index (χ3n) is 4.66. The van der Waals surface area contributed by atoms with Crippen molar-refractivity contribution in [3.63, 3.8) is 0 Å². The van der Waals surface area contributed by atoms with Gasteiger partial charge < -0.3 is 14.5 Å². The quantitative estimate of drug-likeness (QED) is 0.794. The zero-order valence-corrected chi connectivity index (χ0v) is 16.9. The molecule has 1 fully saturated rings. The van der Waals surface area contributed by atoms with Gasteiger partial charge in [0.05, 0.1) is 5.02 Å². The van der Waals surface area contributed by atoms with E-state index in [1.54, 1.807) is 6.07 Å². The van der Waals surface area contributed by atoms with Crippen molar-refractivity contribution in [3.8, 4) is 11.6 Å². The van der Waals surface area contributed by atoms with E-state index in [2.05, 4.69) is 21.8 Å². The Hall–Kier alpha value is -2.34. The van der Waals surface area contributed by atoms with Crippen LogP contribution in [-0.2, 0) is 4.79 Å². The van der Waals surface area contributed by atoms with E-state index < -0.39 is 0 Å². The van der Waals surface area contributed by atoms with Crippen molar-refractivity contribution in [3.05, 3.63) is 41.2 Å². The molecule has 1 aromatic carbocycles. The number of piperazine rings is 1. The molecule has 144 valence electrons. The minimum atomic E-state index is 0.0112. The Labute approximate surface area is 165 Å². The van der Waals surface area contributed by atoms with Crippen molar-refractivity contribution in [2.75, 3.05) is 24.5 Å². The van der Waals surface area contributed by atoms with Gasteiger partial charge in [-0.25, -0.2) is 9.97 Å². The molecule has 0 spiro atoms. The third kappa shape index (κ3) is 4.50. The SMILES string of the molecule is Cc1ccc(Cl)c(Oc2cc(N3CCN(C(=O)C(C)C)[C@H](C)C3)ncn2)c1. The number of aryl methyl sites for hydroxylation is 1. The van der Waals surface area contributed by atoms with Gasteiger partial charge in [0.2, 0.25) is 11.8 Å². The lowest BCUT2D eigenvalue weighted by Crippen LogP contribution is -2.55. The summed E-state index contributed by atoms with van der Waals surface area (Å²) in [6.45, 7) is 10.1. The fourth-order valence-electron chi connectivity index (χ4n) is 3.18. The maximum absolute atomic E-state index is 12.3. The van der Waals surface area contributed by atoms with Crippen LogP contribution in [-0.4, -0.2) is 46.5 Å². The van der Waals surface area contributed by atoms with E-state index in [1.807, 2.05) is 43.9 Å². The number of carbonyl (C=O) groups excluding carboxylic acids is 1. The molecule has 1 aliphatic rings. The normalized spacial score (nSPS) is 17.3. The first-order valence-corrected chi connectivity index (χ1v) is 9.54. The lowest BCUT2D eigenvalue weighted by atomic mass is 10.1. The number of aromatic nitrogens is 2. The molecular formula is C20H25ClN4O2. The minimum Gasteiger partial charge on any atom is -0.437 e.